The maximum absolute atomic E-state index is 14.6. The Morgan fingerprint density at radius 1 is 0.459 bits per heavy atom. The van der Waals surface area contributed by atoms with Gasteiger partial charge >= 0.3 is 94.6 Å². The van der Waals surface area contributed by atoms with Crippen molar-refractivity contribution in [2.45, 2.75) is 316 Å². The third-order valence-corrected chi connectivity index (χ3v) is 15.6. The summed E-state index contributed by atoms with van der Waals surface area (Å²) >= 11 is 0. The van der Waals surface area contributed by atoms with Crippen LogP contribution in [-0.2, 0) is 111 Å². The standard InChI is InChI=1S/C18H26FN.C18H29FO3S.2C18H27FO2.CN.CH2O3.4CH4.3Na/c1-3-5-7-9-15-13-16(10-8-6-4-2)18(19)17(14-15)11-12-20;1-4-6-8-10-15-12-16(11-9-7-5-2)18(19)17(13-15)14-22-23(3,20)21;2*1-3-5-7-9-14-11-15(10-8-6-4-2)18(19)16(12-14)13-17(20)21;1-2;2-1-4-3;;;;;;;/h13-14H,3-11H2,1-2H3;12-13H,4-11,14H2,1-3H3;2*11-12H,3-10,13H2,1-2H3,(H,20,21);;1,3H;4*1H4;;;/q;;;;-1;;;;;;3*+1/p-2. The summed E-state index contributed by atoms with van der Waals surface area (Å²) in [4.78, 5) is 32.9. The van der Waals surface area contributed by atoms with Crippen LogP contribution in [-0.4, -0.2) is 38.2 Å². The molecule has 0 spiro atoms. The van der Waals surface area contributed by atoms with Crippen LogP contribution in [0.5, 0.6) is 0 Å². The van der Waals surface area contributed by atoms with Crippen LogP contribution in [0.4, 0.5) is 17.6 Å². The molecule has 0 radical (unpaired) electrons. The molecule has 0 fully saturated rings. The van der Waals surface area contributed by atoms with E-state index in [0.717, 1.165) is 202 Å². The molecule has 0 aliphatic carbocycles. The van der Waals surface area contributed by atoms with Crippen molar-refractivity contribution in [2.75, 3.05) is 6.26 Å². The number of nitriles is 1. The van der Waals surface area contributed by atoms with Crippen molar-refractivity contribution in [1.82, 2.24) is 0 Å². The number of aliphatic carboxylic acids is 2. The third-order valence-electron chi connectivity index (χ3n) is 15.0. The second-order valence-electron chi connectivity index (χ2n) is 23.2. The van der Waals surface area contributed by atoms with Gasteiger partial charge in [-0.2, -0.15) is 13.7 Å². The molecule has 0 saturated heterocycles. The minimum atomic E-state index is -3.57. The molecule has 0 atom stereocenters. The number of carboxylic acids is 2. The smallest absolute Gasteiger partial charge is 0.662 e. The molecule has 0 aliphatic heterocycles. The Morgan fingerprint density at radius 2 is 0.684 bits per heavy atom. The van der Waals surface area contributed by atoms with Crippen molar-refractivity contribution in [3.8, 4) is 6.07 Å². The fourth-order valence-electron chi connectivity index (χ4n) is 10.2. The van der Waals surface area contributed by atoms with E-state index in [1.54, 1.807) is 18.2 Å². The average molecular weight is 1430 g/mol. The van der Waals surface area contributed by atoms with Gasteiger partial charge in [0.25, 0.3) is 16.6 Å². The van der Waals surface area contributed by atoms with Gasteiger partial charge in [-0.05, 0) is 158 Å². The molecule has 4 rings (SSSR count). The van der Waals surface area contributed by atoms with Crippen molar-refractivity contribution in [3.63, 3.8) is 0 Å². The number of unbranched alkanes of at least 4 members (excludes halogenated alkanes) is 16. The molecule has 544 valence electrons. The van der Waals surface area contributed by atoms with Gasteiger partial charge in [0.15, 0.2) is 0 Å². The van der Waals surface area contributed by atoms with Crippen LogP contribution in [0.3, 0.4) is 0 Å². The molecule has 20 heteroatoms. The average Bonchev–Trinajstić information content (AvgIpc) is 0.868. The summed E-state index contributed by atoms with van der Waals surface area (Å²) in [5, 5.41) is 43.2. The Hall–Kier alpha value is -3.14. The number of hydrogen-bond donors (Lipinski definition) is 1. The van der Waals surface area contributed by atoms with Crippen molar-refractivity contribution < 1.29 is 154 Å². The molecule has 0 bridgehead atoms. The minimum absolute atomic E-state index is 0. The zero-order chi connectivity index (χ0) is 68.8. The van der Waals surface area contributed by atoms with Gasteiger partial charge in [-0.1, -0.05) is 236 Å². The maximum Gasteiger partial charge on any atom is 1.00 e. The van der Waals surface area contributed by atoms with Crippen LogP contribution in [0.1, 0.15) is 306 Å². The number of aryl methyl sites for hydroxylation is 8. The zero-order valence-electron chi connectivity index (χ0n) is 59.6. The quantitative estimate of drug-likeness (QED) is 0.00641. The first-order valence-corrected chi connectivity index (χ1v) is 35.3. The molecule has 1 N–H and O–H groups in total. The minimum Gasteiger partial charge on any atom is -0.662 e. The van der Waals surface area contributed by atoms with E-state index in [2.05, 4.69) is 66.3 Å². The van der Waals surface area contributed by atoms with E-state index in [1.807, 2.05) is 30.3 Å². The van der Waals surface area contributed by atoms with Gasteiger partial charge in [-0.25, -0.2) is 17.6 Å². The number of carbonyl (C=O) groups is 3. The van der Waals surface area contributed by atoms with Crippen LogP contribution in [0.2, 0.25) is 0 Å². The second kappa shape index (κ2) is 73.6. The number of carboxylic acid groups (broad SMARTS) is 2. The predicted molar refractivity (Wildman–Crippen MR) is 379 cm³/mol. The SMILES string of the molecule is C.C.C.C.CCCCCc1cc(CC#N)c(F)c(CCCCC)c1.CCCCCc1cc(CCCCC)c(F)c(CC(=O)O)c1.CCCCCc1cc(CCCCC)c(F)c(CC(=O)[O-])c1.CCCCCc1cc(CCCCC)c(F)c(COS(C)(=O)=O)c1.O=CO[O-].[C-]#N.[Na+].[Na+].[Na+]. The summed E-state index contributed by atoms with van der Waals surface area (Å²) in [7, 11) is -3.57. The van der Waals surface area contributed by atoms with E-state index in [1.165, 1.54) is 18.4 Å². The fraction of sp³-hybridized carbons (Fsp3) is 0.628. The van der Waals surface area contributed by atoms with Gasteiger partial charge in [-0.3, -0.25) is 13.8 Å². The van der Waals surface area contributed by atoms with Crippen molar-refractivity contribution in [1.29, 1.82) is 10.5 Å². The van der Waals surface area contributed by atoms with E-state index in [0.29, 0.717) is 52.6 Å². The number of hydrogen-bond acceptors (Lipinski definition) is 11. The Balaban J connectivity index is -0.000000146. The topological polar surface area (TPSA) is 218 Å². The summed E-state index contributed by atoms with van der Waals surface area (Å²) < 4.78 is 84.7. The van der Waals surface area contributed by atoms with Crippen LogP contribution in [0, 0.1) is 46.4 Å². The molecule has 0 amide bonds. The van der Waals surface area contributed by atoms with Gasteiger partial charge in [0.2, 0.25) is 0 Å². The Kier molecular flexibility index (Phi) is 85.1. The summed E-state index contributed by atoms with van der Waals surface area (Å²) in [6, 6.07) is 16.9. The van der Waals surface area contributed by atoms with Crippen LogP contribution in [0.15, 0.2) is 48.5 Å². The summed E-state index contributed by atoms with van der Waals surface area (Å²) in [5.74, 6) is -3.33. The first-order chi connectivity index (χ1) is 43.7. The van der Waals surface area contributed by atoms with E-state index >= 15 is 0 Å². The van der Waals surface area contributed by atoms with Crippen molar-refractivity contribution in [2.24, 2.45) is 0 Å². The van der Waals surface area contributed by atoms with Crippen LogP contribution in [0.25, 0.3) is 0 Å². The summed E-state index contributed by atoms with van der Waals surface area (Å²) in [5.41, 5.74) is 8.75. The Labute approximate surface area is 660 Å². The summed E-state index contributed by atoms with van der Waals surface area (Å²) in [6.45, 7) is 21.5. The molecule has 0 aromatic heterocycles. The zero-order valence-corrected chi connectivity index (χ0v) is 66.4. The first-order valence-electron chi connectivity index (χ1n) is 33.5. The molecule has 0 aliphatic rings. The first kappa shape index (κ1) is 113. The normalized spacial score (nSPS) is 9.79. The van der Waals surface area contributed by atoms with Gasteiger partial charge < -0.3 is 37.0 Å². The maximum atomic E-state index is 14.6. The molecular formula is C78H125F4N2Na3O10S. The molecule has 4 aromatic carbocycles. The van der Waals surface area contributed by atoms with Gasteiger partial charge in [-0.15, -0.1) is 0 Å². The van der Waals surface area contributed by atoms with E-state index in [9.17, 15) is 40.7 Å². The molecule has 98 heavy (non-hydrogen) atoms. The van der Waals surface area contributed by atoms with Gasteiger partial charge in [0.1, 0.15) is 23.3 Å². The van der Waals surface area contributed by atoms with E-state index < -0.39 is 22.1 Å². The largest absolute Gasteiger partial charge is 1.00 e. The molecular weight excluding hydrogens is 1300 g/mol. The number of nitrogens with zero attached hydrogens (tertiary/aromatic N) is 2. The second-order valence-corrected chi connectivity index (χ2v) is 24.8. The van der Waals surface area contributed by atoms with Crippen molar-refractivity contribution in [3.05, 3.63) is 145 Å². The van der Waals surface area contributed by atoms with E-state index in [-0.39, 0.29) is 180 Å². The molecule has 0 saturated carbocycles. The van der Waals surface area contributed by atoms with Gasteiger partial charge in [0.05, 0.1) is 31.8 Å². The Morgan fingerprint density at radius 3 is 0.918 bits per heavy atom. The van der Waals surface area contributed by atoms with E-state index in [4.69, 9.17) is 36.4 Å². The predicted octanol–water partition coefficient (Wildman–Crippen LogP) is 10.7. The summed E-state index contributed by atoms with van der Waals surface area (Å²) in [6.07, 6.45) is 33.3. The Bertz CT molecular complexity index is 2740. The molecule has 0 unspecified atom stereocenters. The van der Waals surface area contributed by atoms with Crippen molar-refractivity contribution >= 4 is 28.5 Å². The van der Waals surface area contributed by atoms with Crippen LogP contribution < -0.4 is 99.0 Å². The molecule has 0 heterocycles. The fourth-order valence-corrected chi connectivity index (χ4v) is 10.6. The van der Waals surface area contributed by atoms with Crippen LogP contribution >= 0.6 is 0 Å². The third kappa shape index (κ3) is 55.5. The monoisotopic (exact) mass is 1430 g/mol. The molecule has 12 nitrogen and oxygen atoms in total. The number of benzene rings is 4. The number of halogens is 4. The van der Waals surface area contributed by atoms with Gasteiger partial charge in [0, 0.05) is 23.5 Å². The molecule has 4 aromatic rings. The number of carbonyl (C=O) groups excluding carboxylic acids is 2. The number of rotatable bonds is 41.